The van der Waals surface area contributed by atoms with Gasteiger partial charge in [0.05, 0.1) is 26.8 Å². The van der Waals surface area contributed by atoms with Crippen LogP contribution in [-0.2, 0) is 16.6 Å². The molecule has 108 valence electrons. The molecule has 3 aromatic rings. The van der Waals surface area contributed by atoms with E-state index in [0.717, 1.165) is 21.3 Å². The minimum Gasteiger partial charge on any atom is -0.399 e. The highest BCUT2D eigenvalue weighted by molar-refractivity contribution is 7.86. The molecule has 0 radical (unpaired) electrons. The highest BCUT2D eigenvalue weighted by Gasteiger charge is 2.13. The lowest BCUT2D eigenvalue weighted by Gasteiger charge is -2.04. The van der Waals surface area contributed by atoms with E-state index in [9.17, 15) is 8.60 Å². The minimum absolute atomic E-state index is 0.280. The molecule has 1 atom stereocenters. The van der Waals surface area contributed by atoms with Gasteiger partial charge in [-0.2, -0.15) is 0 Å². The summed E-state index contributed by atoms with van der Waals surface area (Å²) in [4.78, 5) is 4.39. The van der Waals surface area contributed by atoms with E-state index in [1.165, 1.54) is 23.5 Å². The molecule has 21 heavy (non-hydrogen) atoms. The zero-order chi connectivity index (χ0) is 15.0. The fourth-order valence-electron chi connectivity index (χ4n) is 2.04. The van der Waals surface area contributed by atoms with E-state index in [2.05, 4.69) is 4.98 Å². The number of halogens is 1. The number of anilines is 1. The highest BCUT2D eigenvalue weighted by atomic mass is 32.2. The second kappa shape index (κ2) is 5.54. The van der Waals surface area contributed by atoms with Crippen molar-refractivity contribution in [2.45, 2.75) is 17.0 Å². The molecule has 1 aromatic heterocycles. The first-order valence-corrected chi connectivity index (χ1v) is 8.46. The number of nitrogens with two attached hydrogens (primary N) is 1. The Balaban J connectivity index is 1.89. The van der Waals surface area contributed by atoms with Gasteiger partial charge < -0.3 is 5.73 Å². The number of rotatable bonds is 3. The summed E-state index contributed by atoms with van der Waals surface area (Å²) in [5.74, 6) is 0.0546. The summed E-state index contributed by atoms with van der Waals surface area (Å²) in [6, 6.07) is 9.94. The Kier molecular flexibility index (Phi) is 3.73. The molecule has 1 unspecified atom stereocenters. The molecule has 1 heterocycles. The van der Waals surface area contributed by atoms with Gasteiger partial charge in [-0.25, -0.2) is 9.37 Å². The molecule has 0 aliphatic carbocycles. The maximum atomic E-state index is 13.1. The molecule has 0 saturated carbocycles. The van der Waals surface area contributed by atoms with Gasteiger partial charge in [-0.05, 0) is 48.4 Å². The van der Waals surface area contributed by atoms with Gasteiger partial charge in [0.2, 0.25) is 0 Å². The second-order valence-electron chi connectivity index (χ2n) is 4.77. The van der Waals surface area contributed by atoms with Crippen LogP contribution in [0.1, 0.15) is 11.1 Å². The number of fused-ring (bicyclic) bond motifs is 1. The molecule has 0 aliphatic heterocycles. The van der Waals surface area contributed by atoms with Crippen LogP contribution in [0.25, 0.3) is 10.2 Å². The molecule has 2 aromatic carbocycles. The van der Waals surface area contributed by atoms with Crippen LogP contribution in [0.15, 0.2) is 40.7 Å². The Labute approximate surface area is 128 Å². The number of hydrogen-bond acceptors (Lipinski definition) is 4. The molecule has 2 N–H and O–H groups in total. The van der Waals surface area contributed by atoms with E-state index in [4.69, 9.17) is 5.73 Å². The van der Waals surface area contributed by atoms with Crippen molar-refractivity contribution in [2.75, 3.05) is 5.73 Å². The SMILES string of the molecule is Cc1cc(F)ccc1CS(=O)c1nc2ccc(N)cc2s1. The normalized spacial score (nSPS) is 12.7. The van der Waals surface area contributed by atoms with Crippen molar-refractivity contribution in [3.05, 3.63) is 53.3 Å². The van der Waals surface area contributed by atoms with E-state index in [1.54, 1.807) is 12.1 Å². The lowest BCUT2D eigenvalue weighted by Crippen LogP contribution is -1.98. The van der Waals surface area contributed by atoms with Gasteiger partial charge in [-0.1, -0.05) is 6.07 Å². The van der Waals surface area contributed by atoms with Crippen molar-refractivity contribution in [1.29, 1.82) is 0 Å². The fourth-order valence-corrected chi connectivity index (χ4v) is 4.53. The van der Waals surface area contributed by atoms with Crippen molar-refractivity contribution >= 4 is 38.0 Å². The van der Waals surface area contributed by atoms with Crippen LogP contribution in [0.5, 0.6) is 0 Å². The third-order valence-corrected chi connectivity index (χ3v) is 5.85. The molecule has 0 spiro atoms. The largest absolute Gasteiger partial charge is 0.399 e. The van der Waals surface area contributed by atoms with Crippen molar-refractivity contribution < 1.29 is 8.60 Å². The molecule has 0 aliphatic rings. The van der Waals surface area contributed by atoms with Gasteiger partial charge in [0.25, 0.3) is 0 Å². The molecular weight excluding hydrogens is 307 g/mol. The van der Waals surface area contributed by atoms with Crippen molar-refractivity contribution in [3.63, 3.8) is 0 Å². The van der Waals surface area contributed by atoms with Gasteiger partial charge in [0, 0.05) is 5.69 Å². The summed E-state index contributed by atoms with van der Waals surface area (Å²) in [7, 11) is -1.25. The van der Waals surface area contributed by atoms with E-state index in [1.807, 2.05) is 19.1 Å². The fraction of sp³-hybridized carbons (Fsp3) is 0.133. The molecule has 0 bridgehead atoms. The summed E-state index contributed by atoms with van der Waals surface area (Å²) < 4.78 is 27.0. The summed E-state index contributed by atoms with van der Waals surface area (Å²) >= 11 is 1.38. The highest BCUT2D eigenvalue weighted by Crippen LogP contribution is 2.27. The molecular formula is C15H13FN2OS2. The van der Waals surface area contributed by atoms with Crippen LogP contribution in [-0.4, -0.2) is 9.19 Å². The van der Waals surface area contributed by atoms with Crippen molar-refractivity contribution in [2.24, 2.45) is 0 Å². The first-order chi connectivity index (χ1) is 10.0. The summed E-state index contributed by atoms with van der Waals surface area (Å²) in [6.45, 7) is 1.81. The Morgan fingerprint density at radius 2 is 2.10 bits per heavy atom. The monoisotopic (exact) mass is 320 g/mol. The minimum atomic E-state index is -1.25. The predicted octanol–water partition coefficient (Wildman–Crippen LogP) is 3.63. The standard InChI is InChI=1S/C15H13FN2OS2/c1-9-6-11(16)3-2-10(9)8-21(19)15-18-13-5-4-12(17)7-14(13)20-15/h2-7H,8,17H2,1H3. The maximum absolute atomic E-state index is 13.1. The number of benzene rings is 2. The van der Waals surface area contributed by atoms with Crippen LogP contribution in [0.2, 0.25) is 0 Å². The van der Waals surface area contributed by atoms with Crippen LogP contribution < -0.4 is 5.73 Å². The van der Waals surface area contributed by atoms with Gasteiger partial charge >= 0.3 is 0 Å². The van der Waals surface area contributed by atoms with E-state index in [0.29, 0.717) is 15.8 Å². The average molecular weight is 320 g/mol. The second-order valence-corrected chi connectivity index (χ2v) is 7.42. The first kappa shape index (κ1) is 14.2. The third-order valence-electron chi connectivity index (χ3n) is 3.18. The molecule has 0 fully saturated rings. The summed E-state index contributed by atoms with van der Waals surface area (Å²) in [6.07, 6.45) is 0. The number of aromatic nitrogens is 1. The average Bonchev–Trinajstić information content (AvgIpc) is 2.85. The van der Waals surface area contributed by atoms with Gasteiger partial charge in [0.15, 0.2) is 4.34 Å². The smallest absolute Gasteiger partial charge is 0.182 e. The number of nitrogens with zero attached hydrogens (tertiary/aromatic N) is 1. The van der Waals surface area contributed by atoms with Gasteiger partial charge in [0.1, 0.15) is 5.82 Å². The molecule has 0 saturated heterocycles. The van der Waals surface area contributed by atoms with Gasteiger partial charge in [-0.3, -0.25) is 4.21 Å². The van der Waals surface area contributed by atoms with Gasteiger partial charge in [-0.15, -0.1) is 11.3 Å². The molecule has 3 rings (SSSR count). The summed E-state index contributed by atoms with van der Waals surface area (Å²) in [5.41, 5.74) is 8.87. The van der Waals surface area contributed by atoms with Crippen LogP contribution in [0.3, 0.4) is 0 Å². The number of thiazole rings is 1. The van der Waals surface area contributed by atoms with Crippen molar-refractivity contribution in [1.82, 2.24) is 4.98 Å². The van der Waals surface area contributed by atoms with Crippen LogP contribution >= 0.6 is 11.3 Å². The lowest BCUT2D eigenvalue weighted by molar-refractivity contribution is 0.626. The Morgan fingerprint density at radius 1 is 1.29 bits per heavy atom. The molecule has 6 heteroatoms. The van der Waals surface area contributed by atoms with E-state index in [-0.39, 0.29) is 5.82 Å². The number of hydrogen-bond donors (Lipinski definition) is 1. The number of nitrogen functional groups attached to an aromatic ring is 1. The maximum Gasteiger partial charge on any atom is 0.182 e. The molecule has 3 nitrogen and oxygen atoms in total. The predicted molar refractivity (Wildman–Crippen MR) is 85.3 cm³/mol. The summed E-state index contributed by atoms with van der Waals surface area (Å²) in [5, 5.41) is 0. The third kappa shape index (κ3) is 2.96. The Hall–Kier alpha value is -1.79. The first-order valence-electron chi connectivity index (χ1n) is 6.32. The quantitative estimate of drug-likeness (QED) is 0.750. The zero-order valence-corrected chi connectivity index (χ0v) is 12.9. The van der Waals surface area contributed by atoms with E-state index < -0.39 is 10.8 Å². The van der Waals surface area contributed by atoms with E-state index >= 15 is 0 Å². The topological polar surface area (TPSA) is 56.0 Å². The lowest BCUT2D eigenvalue weighted by atomic mass is 10.1. The van der Waals surface area contributed by atoms with Crippen LogP contribution in [0, 0.1) is 12.7 Å². The number of aryl methyl sites for hydroxylation is 1. The zero-order valence-electron chi connectivity index (χ0n) is 11.3. The Morgan fingerprint density at radius 3 is 2.86 bits per heavy atom. The molecule has 0 amide bonds. The van der Waals surface area contributed by atoms with Crippen LogP contribution in [0.4, 0.5) is 10.1 Å². The van der Waals surface area contributed by atoms with Crippen molar-refractivity contribution in [3.8, 4) is 0 Å². The Bertz CT molecular complexity index is 845.